The fourth-order valence-corrected chi connectivity index (χ4v) is 11.3. The fraction of sp³-hybridized carbons (Fsp3) is 0.0312. The molecule has 0 saturated carbocycles. The number of nitrogens with zero attached hydrogens (tertiary/aromatic N) is 3. The fourth-order valence-electron chi connectivity index (χ4n) is 11.3. The van der Waals surface area contributed by atoms with Gasteiger partial charge >= 0.3 is 0 Å². The second-order valence-corrected chi connectivity index (χ2v) is 18.7. The van der Waals surface area contributed by atoms with Crippen molar-refractivity contribution in [3.8, 4) is 0 Å². The second kappa shape index (κ2) is 14.2. The minimum atomic E-state index is 0.869. The molecule has 69 heavy (non-hydrogen) atoms. The molecule has 324 valence electrons. The van der Waals surface area contributed by atoms with E-state index in [2.05, 4.69) is 228 Å². The van der Waals surface area contributed by atoms with Crippen molar-refractivity contribution in [3.05, 3.63) is 223 Å². The molecule has 15 rings (SSSR count). The van der Waals surface area contributed by atoms with Crippen molar-refractivity contribution in [1.82, 2.24) is 4.40 Å². The zero-order valence-electron chi connectivity index (χ0n) is 37.9. The maximum atomic E-state index is 6.66. The molecule has 0 spiro atoms. The van der Waals surface area contributed by atoms with E-state index in [1.54, 1.807) is 0 Å². The van der Waals surface area contributed by atoms with E-state index in [-0.39, 0.29) is 0 Å². The summed E-state index contributed by atoms with van der Waals surface area (Å²) in [4.78, 5) is 4.68. The molecule has 4 heterocycles. The first-order chi connectivity index (χ1) is 34.0. The monoisotopic (exact) mass is 883 g/mol. The van der Waals surface area contributed by atoms with Gasteiger partial charge in [-0.2, -0.15) is 0 Å². The highest BCUT2D eigenvalue weighted by Gasteiger charge is 2.24. The van der Waals surface area contributed by atoms with E-state index >= 15 is 0 Å². The van der Waals surface area contributed by atoms with E-state index < -0.39 is 0 Å². The van der Waals surface area contributed by atoms with E-state index in [0.717, 1.165) is 78.0 Å². The molecule has 0 bridgehead atoms. The van der Waals surface area contributed by atoms with Gasteiger partial charge < -0.3 is 23.0 Å². The van der Waals surface area contributed by atoms with Crippen molar-refractivity contribution in [2.24, 2.45) is 0 Å². The average Bonchev–Trinajstić information content (AvgIpc) is 4.14. The summed E-state index contributed by atoms with van der Waals surface area (Å²) >= 11 is 0. The van der Waals surface area contributed by atoms with Crippen LogP contribution in [0.2, 0.25) is 0 Å². The Morgan fingerprint density at radius 2 is 0.725 bits per heavy atom. The van der Waals surface area contributed by atoms with Gasteiger partial charge in [-0.25, -0.2) is 0 Å². The number of hydrogen-bond donors (Lipinski definition) is 0. The number of rotatable bonds is 6. The number of aryl methyl sites for hydroxylation is 2. The van der Waals surface area contributed by atoms with E-state index in [1.807, 2.05) is 12.1 Å². The first-order valence-electron chi connectivity index (χ1n) is 23.6. The van der Waals surface area contributed by atoms with Gasteiger partial charge in [-0.15, -0.1) is 0 Å². The number of anilines is 6. The lowest BCUT2D eigenvalue weighted by Crippen LogP contribution is -2.10. The molecule has 0 unspecified atom stereocenters. The smallest absolute Gasteiger partial charge is 0.159 e. The highest BCUT2D eigenvalue weighted by molar-refractivity contribution is 6.26. The van der Waals surface area contributed by atoms with Gasteiger partial charge in [-0.3, -0.25) is 0 Å². The largest absolute Gasteiger partial charge is 0.454 e. The molecule has 0 aliphatic rings. The number of hydrogen-bond acceptors (Lipinski definition) is 4. The Kier molecular flexibility index (Phi) is 7.85. The summed E-state index contributed by atoms with van der Waals surface area (Å²) in [5.41, 5.74) is 15.8. The molecule has 0 aliphatic heterocycles. The number of para-hydroxylation sites is 5. The quantitative estimate of drug-likeness (QED) is 0.167. The third-order valence-electron chi connectivity index (χ3n) is 14.5. The minimum Gasteiger partial charge on any atom is -0.454 e. The van der Waals surface area contributed by atoms with Crippen molar-refractivity contribution in [2.45, 2.75) is 13.8 Å². The van der Waals surface area contributed by atoms with E-state index in [0.29, 0.717) is 0 Å². The Morgan fingerprint density at radius 3 is 1.20 bits per heavy atom. The van der Waals surface area contributed by atoms with Crippen molar-refractivity contribution < 1.29 is 8.83 Å². The first-order valence-corrected chi connectivity index (χ1v) is 23.6. The van der Waals surface area contributed by atoms with Crippen LogP contribution in [-0.4, -0.2) is 4.40 Å². The zero-order valence-corrected chi connectivity index (χ0v) is 37.9. The maximum absolute atomic E-state index is 6.66. The lowest BCUT2D eigenvalue weighted by Gasteiger charge is -2.26. The Labute approximate surface area is 396 Å². The van der Waals surface area contributed by atoms with Crippen molar-refractivity contribution >= 4 is 138 Å². The van der Waals surface area contributed by atoms with E-state index in [1.165, 1.54) is 70.8 Å². The van der Waals surface area contributed by atoms with Gasteiger partial charge in [0.2, 0.25) is 0 Å². The Hall–Kier alpha value is -9.06. The van der Waals surface area contributed by atoms with Gasteiger partial charge in [-0.05, 0) is 132 Å². The molecule has 11 aromatic carbocycles. The second-order valence-electron chi connectivity index (χ2n) is 18.7. The molecule has 0 radical (unpaired) electrons. The van der Waals surface area contributed by atoms with Gasteiger partial charge in [0.05, 0.1) is 27.9 Å². The summed E-state index contributed by atoms with van der Waals surface area (Å²) in [7, 11) is 0. The van der Waals surface area contributed by atoms with Crippen LogP contribution >= 0.6 is 0 Å². The van der Waals surface area contributed by atoms with Gasteiger partial charge in [-0.1, -0.05) is 126 Å². The Morgan fingerprint density at radius 1 is 0.319 bits per heavy atom. The van der Waals surface area contributed by atoms with Crippen LogP contribution in [0.4, 0.5) is 34.1 Å². The number of fused-ring (bicyclic) bond motifs is 14. The summed E-state index contributed by atoms with van der Waals surface area (Å²) < 4.78 is 15.8. The number of benzene rings is 11. The molecule has 15 aromatic rings. The summed E-state index contributed by atoms with van der Waals surface area (Å²) in [5.74, 6) is 0. The zero-order chi connectivity index (χ0) is 45.5. The van der Waals surface area contributed by atoms with Crippen LogP contribution < -0.4 is 9.80 Å². The van der Waals surface area contributed by atoms with Gasteiger partial charge in [0.15, 0.2) is 11.2 Å². The lowest BCUT2D eigenvalue weighted by molar-refractivity contribution is 0.668. The third-order valence-corrected chi connectivity index (χ3v) is 14.5. The van der Waals surface area contributed by atoms with Crippen molar-refractivity contribution in [3.63, 3.8) is 0 Å². The molecule has 0 amide bonds. The maximum Gasteiger partial charge on any atom is 0.159 e. The van der Waals surface area contributed by atoms with Gasteiger partial charge in [0.1, 0.15) is 11.2 Å². The third kappa shape index (κ3) is 5.59. The molecule has 4 aromatic heterocycles. The Balaban J connectivity index is 0.933. The molecule has 5 heteroatoms. The molecule has 5 nitrogen and oxygen atoms in total. The molecular weight excluding hydrogens is 843 g/mol. The van der Waals surface area contributed by atoms with Crippen LogP contribution in [0, 0.1) is 13.8 Å². The molecule has 0 saturated heterocycles. The normalized spacial score (nSPS) is 12.2. The molecule has 0 fully saturated rings. The summed E-state index contributed by atoms with van der Waals surface area (Å²) in [5, 5.41) is 14.2. The number of furan rings is 2. The molecular formula is C64H41N3O2. The van der Waals surface area contributed by atoms with Crippen LogP contribution in [0.25, 0.3) is 104 Å². The van der Waals surface area contributed by atoms with Crippen LogP contribution in [0.15, 0.2) is 221 Å². The van der Waals surface area contributed by atoms with Crippen molar-refractivity contribution in [2.75, 3.05) is 9.80 Å². The van der Waals surface area contributed by atoms with E-state index in [4.69, 9.17) is 8.83 Å². The van der Waals surface area contributed by atoms with Crippen LogP contribution in [0.5, 0.6) is 0 Å². The average molecular weight is 884 g/mol. The van der Waals surface area contributed by atoms with Gasteiger partial charge in [0.25, 0.3) is 0 Å². The minimum absolute atomic E-state index is 0.869. The summed E-state index contributed by atoms with van der Waals surface area (Å²) in [6, 6.07) is 77.2. The van der Waals surface area contributed by atoms with Crippen LogP contribution in [-0.2, 0) is 0 Å². The molecule has 0 N–H and O–H groups in total. The lowest BCUT2D eigenvalue weighted by atomic mass is 10.0. The highest BCUT2D eigenvalue weighted by atomic mass is 16.3. The van der Waals surface area contributed by atoms with Crippen molar-refractivity contribution in [1.29, 1.82) is 0 Å². The standard InChI is InChI=1S/C64H41N3O2/c1-38-20-26-44(27-21-38)65(56-16-8-14-52-48-10-3-5-18-60(48)68-63(52)56)46-30-24-40-34-54-50-12-7-13-51-55-35-41-25-31-47(33-43(41)37-59(55)67(62(50)51)58(54)36-42(40)32-46)66(45-28-22-39(2)23-29-45)57-17-9-15-53-49-11-4-6-19-61(49)69-64(53)57/h3-37H,1-2H3. The summed E-state index contributed by atoms with van der Waals surface area (Å²) in [6.07, 6.45) is 0. The molecule has 0 aliphatic carbocycles. The highest BCUT2D eigenvalue weighted by Crippen LogP contribution is 2.47. The van der Waals surface area contributed by atoms with E-state index in [9.17, 15) is 0 Å². The topological polar surface area (TPSA) is 37.2 Å². The van der Waals surface area contributed by atoms with Crippen LogP contribution in [0.3, 0.4) is 0 Å². The summed E-state index contributed by atoms with van der Waals surface area (Å²) in [6.45, 7) is 4.27. The number of aromatic nitrogens is 1. The molecule has 0 atom stereocenters. The Bertz CT molecular complexity index is 4290. The predicted octanol–water partition coefficient (Wildman–Crippen LogP) is 18.5. The predicted molar refractivity (Wildman–Crippen MR) is 290 cm³/mol. The SMILES string of the molecule is Cc1ccc(N(c2ccc3cc4c5cccc6c7cc8ccc(N(c9ccc(C)cc9)c9cccc%10c9oc9ccccc9%10)cc8cc7n(c4cc3c2)c56)c2cccc3c2oc2ccccc23)cc1. The first kappa shape index (κ1) is 38.1. The van der Waals surface area contributed by atoms with Crippen LogP contribution in [0.1, 0.15) is 11.1 Å². The van der Waals surface area contributed by atoms with Gasteiger partial charge in [0, 0.05) is 65.8 Å².